The quantitative estimate of drug-likeness (QED) is 0.865. The Bertz CT molecular complexity index is 499. The number of rotatable bonds is 4. The molecule has 1 aromatic carbocycles. The van der Waals surface area contributed by atoms with Gasteiger partial charge < -0.3 is 5.32 Å². The molecular weight excluding hydrogens is 286 g/mol. The second kappa shape index (κ2) is 5.53. The molecule has 0 saturated carbocycles. The van der Waals surface area contributed by atoms with Gasteiger partial charge >= 0.3 is 0 Å². The number of carbonyl (C=O) groups excluding carboxylic acids is 1. The van der Waals surface area contributed by atoms with E-state index in [1.807, 2.05) is 24.3 Å². The number of tetrazole rings is 1. The summed E-state index contributed by atoms with van der Waals surface area (Å²) in [4.78, 5) is 11.4. The Hall–Kier alpha value is -1.76. The second-order valence-electron chi connectivity index (χ2n) is 3.29. The molecule has 0 radical (unpaired) electrons. The van der Waals surface area contributed by atoms with E-state index < -0.39 is 0 Å². The molecule has 1 heterocycles. The van der Waals surface area contributed by atoms with Crippen molar-refractivity contribution in [2.75, 3.05) is 10.6 Å². The zero-order valence-corrected chi connectivity index (χ0v) is 10.5. The predicted molar refractivity (Wildman–Crippen MR) is 66.2 cm³/mol. The van der Waals surface area contributed by atoms with Gasteiger partial charge in [-0.2, -0.15) is 0 Å². The van der Waals surface area contributed by atoms with E-state index in [1.165, 1.54) is 11.0 Å². The zero-order chi connectivity index (χ0) is 12.1. The summed E-state index contributed by atoms with van der Waals surface area (Å²) in [5, 5.41) is 14.3. The van der Waals surface area contributed by atoms with Gasteiger partial charge in [-0.1, -0.05) is 22.0 Å². The molecule has 0 spiro atoms. The predicted octanol–water partition coefficient (Wildman–Crippen LogP) is 1.39. The highest BCUT2D eigenvalue weighted by Gasteiger charge is 2.03. The third kappa shape index (κ3) is 3.10. The normalized spacial score (nSPS) is 10.2. The van der Waals surface area contributed by atoms with Crippen molar-refractivity contribution in [3.05, 3.63) is 30.6 Å². The number of aromatic nitrogens is 4. The van der Waals surface area contributed by atoms with Crippen LogP contribution in [0, 0.1) is 0 Å². The number of carbonyl (C=O) groups is 1. The fourth-order valence-corrected chi connectivity index (χ4v) is 1.68. The van der Waals surface area contributed by atoms with E-state index in [9.17, 15) is 4.79 Å². The number of hydrogen-bond donors (Lipinski definition) is 1. The Morgan fingerprint density at radius 1 is 1.47 bits per heavy atom. The van der Waals surface area contributed by atoms with Crippen LogP contribution < -0.4 is 5.32 Å². The van der Waals surface area contributed by atoms with E-state index in [0.717, 1.165) is 11.4 Å². The average Bonchev–Trinajstić information content (AvgIpc) is 2.83. The first-order valence-electron chi connectivity index (χ1n) is 4.99. The van der Waals surface area contributed by atoms with Crippen molar-refractivity contribution in [2.24, 2.45) is 0 Å². The van der Waals surface area contributed by atoms with Gasteiger partial charge in [0.15, 0.2) is 0 Å². The summed E-state index contributed by atoms with van der Waals surface area (Å²) in [6.07, 6.45) is 1.94. The highest BCUT2D eigenvalue weighted by Crippen LogP contribution is 2.13. The van der Waals surface area contributed by atoms with Crippen molar-refractivity contribution < 1.29 is 4.79 Å². The van der Waals surface area contributed by atoms with Crippen LogP contribution in [0.15, 0.2) is 30.6 Å². The number of hydrogen-bond acceptors (Lipinski definition) is 4. The zero-order valence-electron chi connectivity index (χ0n) is 8.88. The smallest absolute Gasteiger partial charge is 0.225 e. The van der Waals surface area contributed by atoms with Crippen molar-refractivity contribution in [2.45, 2.75) is 6.42 Å². The minimum absolute atomic E-state index is 0.0317. The van der Waals surface area contributed by atoms with Crippen LogP contribution >= 0.6 is 15.9 Å². The highest BCUT2D eigenvalue weighted by atomic mass is 79.9. The standard InChI is InChI=1S/C10H10BrN5O/c11-5-4-10(17)13-8-2-1-3-9(6-8)16-7-12-14-15-16/h1-3,6-7H,4-5H2,(H,13,17). The number of nitrogens with one attached hydrogen (secondary N) is 1. The molecule has 1 amide bonds. The van der Waals surface area contributed by atoms with E-state index in [4.69, 9.17) is 0 Å². The third-order valence-electron chi connectivity index (χ3n) is 2.07. The van der Waals surface area contributed by atoms with Gasteiger partial charge in [0.25, 0.3) is 0 Å². The second-order valence-corrected chi connectivity index (χ2v) is 4.08. The van der Waals surface area contributed by atoms with Crippen LogP contribution in [0.5, 0.6) is 0 Å². The van der Waals surface area contributed by atoms with Crippen LogP contribution in [0.2, 0.25) is 0 Å². The van der Waals surface area contributed by atoms with E-state index in [0.29, 0.717) is 11.8 Å². The monoisotopic (exact) mass is 295 g/mol. The van der Waals surface area contributed by atoms with Crippen molar-refractivity contribution in [3.8, 4) is 5.69 Å². The van der Waals surface area contributed by atoms with Crippen LogP contribution in [0.4, 0.5) is 5.69 Å². The lowest BCUT2D eigenvalue weighted by Crippen LogP contribution is -2.11. The van der Waals surface area contributed by atoms with Crippen LogP contribution in [0.3, 0.4) is 0 Å². The van der Waals surface area contributed by atoms with Crippen molar-refractivity contribution in [1.29, 1.82) is 0 Å². The molecule has 0 fully saturated rings. The molecule has 0 unspecified atom stereocenters. The fraction of sp³-hybridized carbons (Fsp3) is 0.200. The largest absolute Gasteiger partial charge is 0.326 e. The summed E-state index contributed by atoms with van der Waals surface area (Å²) in [6.45, 7) is 0. The Kier molecular flexibility index (Phi) is 3.81. The average molecular weight is 296 g/mol. The number of anilines is 1. The molecule has 1 N–H and O–H groups in total. The molecule has 2 aromatic rings. The van der Waals surface area contributed by atoms with Gasteiger partial charge in [0, 0.05) is 17.4 Å². The lowest BCUT2D eigenvalue weighted by Gasteiger charge is -2.05. The number of halogens is 1. The molecule has 17 heavy (non-hydrogen) atoms. The van der Waals surface area contributed by atoms with Gasteiger partial charge in [-0.25, -0.2) is 4.68 Å². The molecule has 0 aliphatic heterocycles. The fourth-order valence-electron chi connectivity index (χ4n) is 1.32. The minimum Gasteiger partial charge on any atom is -0.326 e. The summed E-state index contributed by atoms with van der Waals surface area (Å²) < 4.78 is 1.53. The van der Waals surface area contributed by atoms with Gasteiger partial charge in [0.1, 0.15) is 6.33 Å². The number of alkyl halides is 1. The Labute approximate surface area is 106 Å². The molecule has 0 aliphatic carbocycles. The maximum atomic E-state index is 11.4. The Morgan fingerprint density at radius 2 is 2.35 bits per heavy atom. The Balaban J connectivity index is 2.15. The molecule has 0 saturated heterocycles. The van der Waals surface area contributed by atoms with Crippen LogP contribution in [-0.4, -0.2) is 31.4 Å². The third-order valence-corrected chi connectivity index (χ3v) is 2.46. The first-order valence-corrected chi connectivity index (χ1v) is 6.11. The summed E-state index contributed by atoms with van der Waals surface area (Å²) in [6, 6.07) is 7.32. The van der Waals surface area contributed by atoms with Crippen molar-refractivity contribution in [1.82, 2.24) is 20.2 Å². The summed E-state index contributed by atoms with van der Waals surface area (Å²) in [5.74, 6) is -0.0317. The highest BCUT2D eigenvalue weighted by molar-refractivity contribution is 9.09. The first kappa shape index (κ1) is 11.7. The number of nitrogens with zero attached hydrogens (tertiary/aromatic N) is 4. The molecule has 1 aromatic heterocycles. The maximum Gasteiger partial charge on any atom is 0.225 e. The molecule has 2 rings (SSSR count). The van der Waals surface area contributed by atoms with Crippen molar-refractivity contribution >= 4 is 27.5 Å². The van der Waals surface area contributed by atoms with Gasteiger partial charge in [-0.3, -0.25) is 4.79 Å². The van der Waals surface area contributed by atoms with Gasteiger partial charge in [-0.05, 0) is 28.6 Å². The number of amides is 1. The number of benzene rings is 1. The molecule has 0 aliphatic rings. The van der Waals surface area contributed by atoms with Gasteiger partial charge in [0.05, 0.1) is 5.69 Å². The molecule has 0 bridgehead atoms. The maximum absolute atomic E-state index is 11.4. The van der Waals surface area contributed by atoms with E-state index >= 15 is 0 Å². The van der Waals surface area contributed by atoms with E-state index in [1.54, 1.807) is 0 Å². The van der Waals surface area contributed by atoms with E-state index in [-0.39, 0.29) is 5.91 Å². The molecular formula is C10H10BrN5O. The van der Waals surface area contributed by atoms with Gasteiger partial charge in [0.2, 0.25) is 5.91 Å². The Morgan fingerprint density at radius 3 is 3.06 bits per heavy atom. The van der Waals surface area contributed by atoms with Crippen molar-refractivity contribution in [3.63, 3.8) is 0 Å². The lowest BCUT2D eigenvalue weighted by atomic mass is 10.2. The van der Waals surface area contributed by atoms with Crippen LogP contribution in [-0.2, 0) is 4.79 Å². The molecule has 6 nitrogen and oxygen atoms in total. The molecule has 88 valence electrons. The summed E-state index contributed by atoms with van der Waals surface area (Å²) >= 11 is 3.22. The molecule has 7 heteroatoms. The van der Waals surface area contributed by atoms with E-state index in [2.05, 4.69) is 36.8 Å². The SMILES string of the molecule is O=C(CCBr)Nc1cccc(-n2cnnn2)c1. The topological polar surface area (TPSA) is 72.7 Å². The van der Waals surface area contributed by atoms with Crippen LogP contribution in [0.25, 0.3) is 5.69 Å². The minimum atomic E-state index is -0.0317. The first-order chi connectivity index (χ1) is 8.29. The molecule has 0 atom stereocenters. The van der Waals surface area contributed by atoms with Gasteiger partial charge in [-0.15, -0.1) is 5.10 Å². The summed E-state index contributed by atoms with van der Waals surface area (Å²) in [5.41, 5.74) is 1.52. The lowest BCUT2D eigenvalue weighted by molar-refractivity contribution is -0.115. The summed E-state index contributed by atoms with van der Waals surface area (Å²) in [7, 11) is 0. The van der Waals surface area contributed by atoms with Crippen LogP contribution in [0.1, 0.15) is 6.42 Å².